The average molecular weight is 624 g/mol. The zero-order valence-electron chi connectivity index (χ0n) is 26.2. The van der Waals surface area contributed by atoms with E-state index < -0.39 is 11.7 Å². The van der Waals surface area contributed by atoms with Gasteiger partial charge in [-0.25, -0.2) is 4.39 Å². The first kappa shape index (κ1) is 31.1. The molecule has 238 valence electrons. The molecule has 1 aliphatic rings. The van der Waals surface area contributed by atoms with E-state index in [9.17, 15) is 9.18 Å². The van der Waals surface area contributed by atoms with Crippen LogP contribution in [0.15, 0.2) is 73.3 Å². The quantitative estimate of drug-likeness (QED) is 0.140. The monoisotopic (exact) mass is 623 g/mol. The minimum Gasteiger partial charge on any atom is -0.380 e. The van der Waals surface area contributed by atoms with Crippen LogP contribution in [0.2, 0.25) is 0 Å². The topological polar surface area (TPSA) is 130 Å². The molecule has 2 atom stereocenters. The number of pyridine rings is 1. The summed E-state index contributed by atoms with van der Waals surface area (Å²) in [5, 5.41) is 19.3. The number of halogens is 1. The smallest absolute Gasteiger partial charge is 0.283 e. The van der Waals surface area contributed by atoms with Crippen molar-refractivity contribution in [2.45, 2.75) is 38.8 Å². The molecule has 5 aromatic rings. The van der Waals surface area contributed by atoms with E-state index in [0.29, 0.717) is 36.6 Å². The number of fused-ring (bicyclic) bond motifs is 2. The minimum atomic E-state index is -1.04. The molecule has 1 aliphatic heterocycles. The number of anilines is 3. The van der Waals surface area contributed by atoms with Gasteiger partial charge in [-0.15, -0.1) is 0 Å². The lowest BCUT2D eigenvalue weighted by Gasteiger charge is -2.31. The molecule has 4 N–H and O–H groups in total. The highest BCUT2D eigenvalue weighted by atomic mass is 19.1. The van der Waals surface area contributed by atoms with Gasteiger partial charge in [0.2, 0.25) is 11.9 Å². The molecular formula is C34H38FN9O2. The second kappa shape index (κ2) is 13.6. The summed E-state index contributed by atoms with van der Waals surface area (Å²) in [5.41, 5.74) is 5.00. The predicted molar refractivity (Wildman–Crippen MR) is 179 cm³/mol. The van der Waals surface area contributed by atoms with Crippen molar-refractivity contribution in [3.63, 3.8) is 0 Å². The number of amides is 1. The summed E-state index contributed by atoms with van der Waals surface area (Å²) in [4.78, 5) is 26.2. The number of methoxy groups -OCH3 is 1. The van der Waals surface area contributed by atoms with Crippen LogP contribution >= 0.6 is 0 Å². The maximum absolute atomic E-state index is 13.3. The lowest BCUT2D eigenvalue weighted by Crippen LogP contribution is -2.44. The Morgan fingerprint density at radius 3 is 2.83 bits per heavy atom. The number of nitrogens with one attached hydrogen (secondary N) is 4. The molecule has 0 bridgehead atoms. The van der Waals surface area contributed by atoms with Gasteiger partial charge in [0.05, 0.1) is 18.0 Å². The maximum atomic E-state index is 13.3. The summed E-state index contributed by atoms with van der Waals surface area (Å²) in [6.45, 7) is 10.2. The number of carbonyl (C=O) groups is 1. The highest BCUT2D eigenvalue weighted by molar-refractivity contribution is 6.04. The Morgan fingerprint density at radius 1 is 1.17 bits per heavy atom. The second-order valence-electron chi connectivity index (χ2n) is 11.7. The van der Waals surface area contributed by atoms with E-state index in [1.54, 1.807) is 30.0 Å². The predicted octanol–water partition coefficient (Wildman–Crippen LogP) is 5.53. The number of benzene rings is 2. The molecule has 0 spiro atoms. The Morgan fingerprint density at radius 2 is 2.02 bits per heavy atom. The van der Waals surface area contributed by atoms with E-state index in [1.807, 2.05) is 42.6 Å². The van der Waals surface area contributed by atoms with Crippen LogP contribution in [-0.2, 0) is 16.1 Å². The Balaban J connectivity index is 1.29. The number of nitrogens with zero attached hydrogens (tertiary/aromatic N) is 5. The van der Waals surface area contributed by atoms with Crippen molar-refractivity contribution in [2.24, 2.45) is 5.92 Å². The van der Waals surface area contributed by atoms with Gasteiger partial charge in [-0.3, -0.25) is 9.78 Å². The zero-order valence-corrected chi connectivity index (χ0v) is 26.2. The molecule has 4 heterocycles. The SMILES string of the molecule is C=C(F)C(=O)Nc1ccc2c(-c3ccccc3CNc3nc(NCC4CCNCC4OC)nc4c(C(C)C)cnn34)nccc2c1. The van der Waals surface area contributed by atoms with Crippen molar-refractivity contribution in [3.05, 3.63) is 84.5 Å². The highest BCUT2D eigenvalue weighted by Crippen LogP contribution is 2.31. The third-order valence-electron chi connectivity index (χ3n) is 8.38. The first-order valence-electron chi connectivity index (χ1n) is 15.4. The summed E-state index contributed by atoms with van der Waals surface area (Å²) in [6, 6.07) is 15.3. The van der Waals surface area contributed by atoms with E-state index in [2.05, 4.69) is 46.8 Å². The van der Waals surface area contributed by atoms with Crippen LogP contribution in [0, 0.1) is 5.92 Å². The van der Waals surface area contributed by atoms with Crippen LogP contribution in [0.3, 0.4) is 0 Å². The van der Waals surface area contributed by atoms with E-state index in [4.69, 9.17) is 19.7 Å². The van der Waals surface area contributed by atoms with Crippen molar-refractivity contribution in [2.75, 3.05) is 42.7 Å². The van der Waals surface area contributed by atoms with Gasteiger partial charge in [0, 0.05) is 61.1 Å². The Hall–Kier alpha value is -4.94. The highest BCUT2D eigenvalue weighted by Gasteiger charge is 2.25. The normalized spacial score (nSPS) is 16.5. The Kier molecular flexibility index (Phi) is 9.18. The van der Waals surface area contributed by atoms with Gasteiger partial charge < -0.3 is 26.0 Å². The lowest BCUT2D eigenvalue weighted by molar-refractivity contribution is -0.114. The van der Waals surface area contributed by atoms with E-state index in [-0.39, 0.29) is 12.0 Å². The molecule has 0 radical (unpaired) electrons. The van der Waals surface area contributed by atoms with Crippen molar-refractivity contribution in [1.29, 1.82) is 0 Å². The molecule has 46 heavy (non-hydrogen) atoms. The van der Waals surface area contributed by atoms with Crippen LogP contribution in [0.25, 0.3) is 27.7 Å². The first-order chi connectivity index (χ1) is 22.3. The van der Waals surface area contributed by atoms with Gasteiger partial charge in [-0.1, -0.05) is 50.8 Å². The fourth-order valence-electron chi connectivity index (χ4n) is 5.86. The second-order valence-corrected chi connectivity index (χ2v) is 11.7. The molecule has 12 heteroatoms. The number of hydrogen-bond acceptors (Lipinski definition) is 9. The molecule has 1 fully saturated rings. The zero-order chi connectivity index (χ0) is 32.2. The first-order valence-corrected chi connectivity index (χ1v) is 15.4. The molecule has 6 rings (SSSR count). The van der Waals surface area contributed by atoms with Gasteiger partial charge in [0.1, 0.15) is 0 Å². The summed E-state index contributed by atoms with van der Waals surface area (Å²) in [7, 11) is 1.76. The van der Waals surface area contributed by atoms with Crippen LogP contribution in [0.5, 0.6) is 0 Å². The molecule has 2 unspecified atom stereocenters. The number of rotatable bonds is 11. The van der Waals surface area contributed by atoms with Crippen molar-refractivity contribution in [3.8, 4) is 11.3 Å². The number of hydrogen-bond donors (Lipinski definition) is 4. The maximum Gasteiger partial charge on any atom is 0.283 e. The van der Waals surface area contributed by atoms with Crippen LogP contribution in [-0.4, -0.2) is 63.3 Å². The van der Waals surface area contributed by atoms with E-state index >= 15 is 0 Å². The molecule has 1 saturated heterocycles. The summed E-state index contributed by atoms with van der Waals surface area (Å²) < 4.78 is 20.7. The van der Waals surface area contributed by atoms with Crippen LogP contribution in [0.4, 0.5) is 22.0 Å². The molecule has 11 nitrogen and oxygen atoms in total. The fourth-order valence-corrected chi connectivity index (χ4v) is 5.86. The average Bonchev–Trinajstić information content (AvgIpc) is 3.51. The molecule has 0 aliphatic carbocycles. The van der Waals surface area contributed by atoms with Gasteiger partial charge in [-0.2, -0.15) is 19.6 Å². The molecular weight excluding hydrogens is 585 g/mol. The minimum absolute atomic E-state index is 0.128. The Bertz CT molecular complexity index is 1890. The standard InChI is InChI=1S/C34H38FN9O2/c1-20(2)28-18-40-44-31(28)42-33(38-17-24-11-13-36-19-29(24)46-4)43-34(44)39-16-23-7-5-6-8-26(23)30-27-10-9-25(41-32(45)21(3)35)15-22(27)12-14-37-30/h5-10,12,14-15,18,20,24,29,36H,3,11,13,16-17,19H2,1-2,4H3,(H,41,45)(H2,38,39,42,43). The van der Waals surface area contributed by atoms with Crippen molar-refractivity contribution >= 4 is 39.9 Å². The summed E-state index contributed by atoms with van der Waals surface area (Å²) in [6.07, 6.45) is 4.71. The lowest BCUT2D eigenvalue weighted by atomic mass is 9.95. The molecule has 0 saturated carbocycles. The largest absolute Gasteiger partial charge is 0.380 e. The van der Waals surface area contributed by atoms with Gasteiger partial charge in [-0.05, 0) is 48.0 Å². The molecule has 2 aromatic carbocycles. The number of aromatic nitrogens is 5. The van der Waals surface area contributed by atoms with Gasteiger partial charge in [0.15, 0.2) is 11.5 Å². The third-order valence-corrected chi connectivity index (χ3v) is 8.38. The van der Waals surface area contributed by atoms with E-state index in [0.717, 1.165) is 58.3 Å². The van der Waals surface area contributed by atoms with Gasteiger partial charge >= 0.3 is 0 Å². The van der Waals surface area contributed by atoms with Crippen LogP contribution < -0.4 is 21.3 Å². The Labute approximate surface area is 266 Å². The third kappa shape index (κ3) is 6.53. The number of carbonyl (C=O) groups excluding carboxylic acids is 1. The molecule has 1 amide bonds. The number of piperidine rings is 1. The summed E-state index contributed by atoms with van der Waals surface area (Å²) in [5.74, 6) is -0.230. The number of ether oxygens (including phenoxy) is 1. The van der Waals surface area contributed by atoms with Gasteiger partial charge in [0.25, 0.3) is 5.91 Å². The summed E-state index contributed by atoms with van der Waals surface area (Å²) >= 11 is 0. The van der Waals surface area contributed by atoms with E-state index in [1.165, 1.54) is 0 Å². The van der Waals surface area contributed by atoms with Crippen molar-refractivity contribution < 1.29 is 13.9 Å². The van der Waals surface area contributed by atoms with Crippen LogP contribution in [0.1, 0.15) is 37.3 Å². The van der Waals surface area contributed by atoms with Crippen molar-refractivity contribution in [1.82, 2.24) is 29.9 Å². The molecule has 3 aromatic heterocycles. The fraction of sp³-hybridized carbons (Fsp3) is 0.324.